The van der Waals surface area contributed by atoms with Crippen molar-refractivity contribution in [1.29, 1.82) is 0 Å². The van der Waals surface area contributed by atoms with E-state index in [0.29, 0.717) is 18.8 Å². The molecule has 0 saturated heterocycles. The number of benzene rings is 1. The third-order valence-corrected chi connectivity index (χ3v) is 4.36. The summed E-state index contributed by atoms with van der Waals surface area (Å²) in [5, 5.41) is 0. The van der Waals surface area contributed by atoms with Crippen LogP contribution in [0.5, 0.6) is 5.75 Å². The highest BCUT2D eigenvalue weighted by atomic mass is 32.2. The molecule has 6 heteroatoms. The summed E-state index contributed by atoms with van der Waals surface area (Å²) in [4.78, 5) is 4.07. The van der Waals surface area contributed by atoms with Gasteiger partial charge in [0.1, 0.15) is 6.61 Å². The molecule has 1 aromatic heterocycles. The third-order valence-electron chi connectivity index (χ3n) is 3.03. The van der Waals surface area contributed by atoms with Crippen LogP contribution in [0.25, 0.3) is 0 Å². The molecule has 0 radical (unpaired) electrons. The molecule has 118 valence electrons. The monoisotopic (exact) mass is 320 g/mol. The minimum atomic E-state index is -3.39. The standard InChI is InChI=1S/C16H20N2O3S/c1-2-3-12-22(19,20)18-16-15(10-7-11-17-16)21-13-14-8-5-4-6-9-14/h4-11H,2-3,12-13H2,1H3,(H,17,18). The molecule has 0 aliphatic rings. The zero-order chi connectivity index (χ0) is 15.8. The summed E-state index contributed by atoms with van der Waals surface area (Å²) < 4.78 is 32.1. The number of unbranched alkanes of at least 4 members (excludes halogenated alkanes) is 1. The van der Waals surface area contributed by atoms with Crippen LogP contribution >= 0.6 is 0 Å². The van der Waals surface area contributed by atoms with Gasteiger partial charge >= 0.3 is 0 Å². The quantitative estimate of drug-likeness (QED) is 0.811. The zero-order valence-corrected chi connectivity index (χ0v) is 13.3. The van der Waals surface area contributed by atoms with E-state index in [1.165, 1.54) is 6.20 Å². The molecule has 1 aromatic carbocycles. The van der Waals surface area contributed by atoms with E-state index in [0.717, 1.165) is 12.0 Å². The van der Waals surface area contributed by atoms with Gasteiger partial charge < -0.3 is 4.74 Å². The molecule has 2 rings (SSSR count). The topological polar surface area (TPSA) is 68.3 Å². The molecule has 0 amide bonds. The van der Waals surface area contributed by atoms with Crippen molar-refractivity contribution in [1.82, 2.24) is 4.98 Å². The highest BCUT2D eigenvalue weighted by molar-refractivity contribution is 7.92. The number of aromatic nitrogens is 1. The molecule has 0 fully saturated rings. The highest BCUT2D eigenvalue weighted by Crippen LogP contribution is 2.23. The van der Waals surface area contributed by atoms with Crippen LogP contribution in [-0.2, 0) is 16.6 Å². The van der Waals surface area contributed by atoms with Crippen molar-refractivity contribution in [2.24, 2.45) is 0 Å². The molecule has 22 heavy (non-hydrogen) atoms. The van der Waals surface area contributed by atoms with Crippen molar-refractivity contribution in [2.45, 2.75) is 26.4 Å². The maximum absolute atomic E-state index is 12.0. The summed E-state index contributed by atoms with van der Waals surface area (Å²) in [6.07, 6.45) is 2.97. The second kappa shape index (κ2) is 7.79. The second-order valence-electron chi connectivity index (χ2n) is 4.90. The van der Waals surface area contributed by atoms with Gasteiger partial charge in [-0.05, 0) is 24.1 Å². The fourth-order valence-electron chi connectivity index (χ4n) is 1.85. The molecule has 5 nitrogen and oxygen atoms in total. The molecule has 0 aliphatic heterocycles. The van der Waals surface area contributed by atoms with Gasteiger partial charge in [-0.1, -0.05) is 43.7 Å². The molecular formula is C16H20N2O3S. The summed E-state index contributed by atoms with van der Waals surface area (Å²) in [6, 6.07) is 13.1. The minimum Gasteiger partial charge on any atom is -0.485 e. The summed E-state index contributed by atoms with van der Waals surface area (Å²) in [5.41, 5.74) is 1.01. The Morgan fingerprint density at radius 2 is 1.91 bits per heavy atom. The Kier molecular flexibility index (Phi) is 5.77. The van der Waals surface area contributed by atoms with Gasteiger partial charge in [-0.2, -0.15) is 0 Å². The van der Waals surface area contributed by atoms with E-state index in [2.05, 4.69) is 9.71 Å². The lowest BCUT2D eigenvalue weighted by Crippen LogP contribution is -2.18. The average Bonchev–Trinajstić information content (AvgIpc) is 2.53. The fraction of sp³-hybridized carbons (Fsp3) is 0.312. The minimum absolute atomic E-state index is 0.0815. The van der Waals surface area contributed by atoms with E-state index in [1.807, 2.05) is 37.3 Å². The van der Waals surface area contributed by atoms with Crippen LogP contribution < -0.4 is 9.46 Å². The smallest absolute Gasteiger partial charge is 0.233 e. The lowest BCUT2D eigenvalue weighted by atomic mass is 10.2. The number of nitrogens with one attached hydrogen (secondary N) is 1. The van der Waals surface area contributed by atoms with Crippen molar-refractivity contribution < 1.29 is 13.2 Å². The second-order valence-corrected chi connectivity index (χ2v) is 6.74. The molecule has 0 atom stereocenters. The van der Waals surface area contributed by atoms with Gasteiger partial charge in [-0.3, -0.25) is 4.72 Å². The lowest BCUT2D eigenvalue weighted by Gasteiger charge is -2.12. The highest BCUT2D eigenvalue weighted by Gasteiger charge is 2.14. The van der Waals surface area contributed by atoms with Gasteiger partial charge in [-0.15, -0.1) is 0 Å². The van der Waals surface area contributed by atoms with Gasteiger partial charge in [0.2, 0.25) is 10.0 Å². The fourth-order valence-corrected chi connectivity index (χ4v) is 3.07. The Bertz CT molecular complexity index is 688. The molecule has 0 spiro atoms. The summed E-state index contributed by atoms with van der Waals surface area (Å²) in [5.74, 6) is 0.735. The van der Waals surface area contributed by atoms with E-state index < -0.39 is 10.0 Å². The predicted molar refractivity (Wildman–Crippen MR) is 87.3 cm³/mol. The molecule has 0 unspecified atom stereocenters. The third kappa shape index (κ3) is 5.04. The lowest BCUT2D eigenvalue weighted by molar-refractivity contribution is 0.307. The number of nitrogens with zero attached hydrogens (tertiary/aromatic N) is 1. The summed E-state index contributed by atoms with van der Waals surface area (Å²) >= 11 is 0. The SMILES string of the molecule is CCCCS(=O)(=O)Nc1ncccc1OCc1ccccc1. The molecule has 0 aliphatic carbocycles. The van der Waals surface area contributed by atoms with Crippen LogP contribution in [0.15, 0.2) is 48.7 Å². The maximum atomic E-state index is 12.0. The summed E-state index contributed by atoms with van der Waals surface area (Å²) in [6.45, 7) is 2.31. The Morgan fingerprint density at radius 3 is 2.64 bits per heavy atom. The van der Waals surface area contributed by atoms with E-state index >= 15 is 0 Å². The Labute approximate surface area is 131 Å². The molecule has 0 saturated carbocycles. The Hall–Kier alpha value is -2.08. The number of rotatable bonds is 8. The number of anilines is 1. The van der Waals surface area contributed by atoms with E-state index in [4.69, 9.17) is 4.74 Å². The van der Waals surface area contributed by atoms with E-state index in [9.17, 15) is 8.42 Å². The first-order valence-electron chi connectivity index (χ1n) is 7.23. The maximum Gasteiger partial charge on any atom is 0.233 e. The first kappa shape index (κ1) is 16.3. The first-order chi connectivity index (χ1) is 10.6. The molecular weight excluding hydrogens is 300 g/mol. The van der Waals surface area contributed by atoms with Crippen LogP contribution in [0.4, 0.5) is 5.82 Å². The van der Waals surface area contributed by atoms with Crippen LogP contribution in [0.1, 0.15) is 25.3 Å². The molecule has 1 heterocycles. The van der Waals surface area contributed by atoms with Crippen LogP contribution in [-0.4, -0.2) is 19.2 Å². The summed E-state index contributed by atoms with van der Waals surface area (Å²) in [7, 11) is -3.39. The molecule has 2 aromatic rings. The number of ether oxygens (including phenoxy) is 1. The van der Waals surface area contributed by atoms with Crippen molar-refractivity contribution in [3.05, 3.63) is 54.2 Å². The van der Waals surface area contributed by atoms with Crippen LogP contribution in [0.2, 0.25) is 0 Å². The predicted octanol–water partition coefficient (Wildman–Crippen LogP) is 3.20. The van der Waals surface area contributed by atoms with Crippen LogP contribution in [0.3, 0.4) is 0 Å². The first-order valence-corrected chi connectivity index (χ1v) is 8.88. The van der Waals surface area contributed by atoms with Crippen molar-refractivity contribution in [2.75, 3.05) is 10.5 Å². The van der Waals surface area contributed by atoms with Gasteiger partial charge in [0.05, 0.1) is 5.75 Å². The molecule has 0 bridgehead atoms. The number of pyridine rings is 1. The molecule has 1 N–H and O–H groups in total. The van der Waals surface area contributed by atoms with Gasteiger partial charge in [0.15, 0.2) is 11.6 Å². The normalized spacial score (nSPS) is 11.1. The van der Waals surface area contributed by atoms with Crippen molar-refractivity contribution in [3.63, 3.8) is 0 Å². The van der Waals surface area contributed by atoms with Crippen LogP contribution in [0, 0.1) is 0 Å². The zero-order valence-electron chi connectivity index (χ0n) is 12.5. The largest absolute Gasteiger partial charge is 0.485 e. The number of hydrogen-bond acceptors (Lipinski definition) is 4. The number of sulfonamides is 1. The van der Waals surface area contributed by atoms with Gasteiger partial charge in [0.25, 0.3) is 0 Å². The van der Waals surface area contributed by atoms with Crippen molar-refractivity contribution >= 4 is 15.8 Å². The van der Waals surface area contributed by atoms with Gasteiger partial charge in [-0.25, -0.2) is 13.4 Å². The van der Waals surface area contributed by atoms with E-state index in [1.54, 1.807) is 12.1 Å². The van der Waals surface area contributed by atoms with E-state index in [-0.39, 0.29) is 11.6 Å². The number of hydrogen-bond donors (Lipinski definition) is 1. The Morgan fingerprint density at radius 1 is 1.14 bits per heavy atom. The Balaban J connectivity index is 2.07. The van der Waals surface area contributed by atoms with Gasteiger partial charge in [0, 0.05) is 6.20 Å². The average molecular weight is 320 g/mol. The van der Waals surface area contributed by atoms with Crippen molar-refractivity contribution in [3.8, 4) is 5.75 Å².